The van der Waals surface area contributed by atoms with Crippen LogP contribution in [0.25, 0.3) is 0 Å². The van der Waals surface area contributed by atoms with Crippen LogP contribution in [0.3, 0.4) is 0 Å². The predicted molar refractivity (Wildman–Crippen MR) is 44.6 cm³/mol. The highest BCUT2D eigenvalue weighted by atomic mass is 16.4. The Hall–Kier alpha value is -1.06. The summed E-state index contributed by atoms with van der Waals surface area (Å²) in [5.41, 5.74) is 0. The number of aliphatic carboxylic acids is 1. The van der Waals surface area contributed by atoms with Crippen LogP contribution in [0, 0.1) is 5.92 Å². The predicted octanol–water partition coefficient (Wildman–Crippen LogP) is -0.617. The van der Waals surface area contributed by atoms with Gasteiger partial charge in [0.15, 0.2) is 0 Å². The van der Waals surface area contributed by atoms with E-state index in [4.69, 9.17) is 0 Å². The number of carboxylic acid groups (broad SMARTS) is 1. The summed E-state index contributed by atoms with van der Waals surface area (Å²) < 4.78 is 0. The zero-order chi connectivity index (χ0) is 10.0. The molecule has 1 aliphatic heterocycles. The topological polar surface area (TPSA) is 60.4 Å². The number of hydrogen-bond donors (Lipinski definition) is 0. The third-order valence-corrected chi connectivity index (χ3v) is 2.61. The highest BCUT2D eigenvalue weighted by molar-refractivity contribution is 5.85. The van der Waals surface area contributed by atoms with Crippen molar-refractivity contribution >= 4 is 11.9 Å². The van der Waals surface area contributed by atoms with E-state index >= 15 is 0 Å². The van der Waals surface area contributed by atoms with Crippen molar-refractivity contribution in [3.63, 3.8) is 0 Å². The Kier molecular flexibility index (Phi) is 2.90. The summed E-state index contributed by atoms with van der Waals surface area (Å²) in [6.45, 7) is 4.22. The molecule has 0 unspecified atom stereocenters. The van der Waals surface area contributed by atoms with Gasteiger partial charge in [-0.15, -0.1) is 0 Å². The van der Waals surface area contributed by atoms with Crippen molar-refractivity contribution in [1.82, 2.24) is 4.90 Å². The summed E-state index contributed by atoms with van der Waals surface area (Å²) in [6, 6.07) is 0.136. The number of amides is 1. The largest absolute Gasteiger partial charge is 0.550 e. The van der Waals surface area contributed by atoms with Gasteiger partial charge in [-0.05, 0) is 13.3 Å². The molecular formula is C9H14NO3-. The zero-order valence-electron chi connectivity index (χ0n) is 7.95. The Labute approximate surface area is 77.5 Å². The maximum Gasteiger partial charge on any atom is 0.223 e. The second-order valence-corrected chi connectivity index (χ2v) is 3.52. The molecule has 4 nitrogen and oxygen atoms in total. The molecule has 1 fully saturated rings. The number of carbonyl (C=O) groups is 2. The van der Waals surface area contributed by atoms with E-state index in [1.807, 2.05) is 13.8 Å². The van der Waals surface area contributed by atoms with E-state index in [-0.39, 0.29) is 18.4 Å². The van der Waals surface area contributed by atoms with Gasteiger partial charge in [-0.3, -0.25) is 4.79 Å². The van der Waals surface area contributed by atoms with Gasteiger partial charge in [0.1, 0.15) is 0 Å². The minimum absolute atomic E-state index is 0.0662. The molecule has 0 aliphatic carbocycles. The quantitative estimate of drug-likeness (QED) is 0.587. The first-order valence-electron chi connectivity index (χ1n) is 4.56. The molecule has 13 heavy (non-hydrogen) atoms. The summed E-state index contributed by atoms with van der Waals surface area (Å²) in [5.74, 6) is -1.79. The Morgan fingerprint density at radius 1 is 1.77 bits per heavy atom. The molecule has 1 amide bonds. The average molecular weight is 184 g/mol. The van der Waals surface area contributed by atoms with Crippen molar-refractivity contribution in [2.75, 3.05) is 6.54 Å². The molecule has 1 saturated heterocycles. The highest BCUT2D eigenvalue weighted by Crippen LogP contribution is 2.20. The summed E-state index contributed by atoms with van der Waals surface area (Å²) in [5, 5.41) is 10.5. The van der Waals surface area contributed by atoms with Crippen LogP contribution in [-0.4, -0.2) is 29.4 Å². The van der Waals surface area contributed by atoms with E-state index < -0.39 is 11.9 Å². The first-order chi connectivity index (χ1) is 6.06. The maximum atomic E-state index is 11.3. The van der Waals surface area contributed by atoms with Gasteiger partial charge in [0, 0.05) is 30.9 Å². The van der Waals surface area contributed by atoms with Gasteiger partial charge in [-0.2, -0.15) is 0 Å². The smallest absolute Gasteiger partial charge is 0.223 e. The lowest BCUT2D eigenvalue weighted by Gasteiger charge is -2.23. The summed E-state index contributed by atoms with van der Waals surface area (Å²) >= 11 is 0. The fourth-order valence-corrected chi connectivity index (χ4v) is 1.54. The van der Waals surface area contributed by atoms with E-state index in [1.165, 1.54) is 0 Å². The molecule has 4 heteroatoms. The number of likely N-dealkylation sites (tertiary alicyclic amines) is 1. The van der Waals surface area contributed by atoms with E-state index in [0.29, 0.717) is 6.54 Å². The zero-order valence-corrected chi connectivity index (χ0v) is 7.95. The van der Waals surface area contributed by atoms with Crippen molar-refractivity contribution in [1.29, 1.82) is 0 Å². The van der Waals surface area contributed by atoms with Gasteiger partial charge in [0.25, 0.3) is 0 Å². The molecule has 0 aromatic carbocycles. The Bertz CT molecular complexity index is 227. The molecule has 0 aromatic rings. The van der Waals surface area contributed by atoms with E-state index in [2.05, 4.69) is 0 Å². The molecule has 0 saturated carbocycles. The van der Waals surface area contributed by atoms with Crippen LogP contribution < -0.4 is 5.11 Å². The fourth-order valence-electron chi connectivity index (χ4n) is 1.54. The second kappa shape index (κ2) is 3.77. The molecule has 1 rings (SSSR count). The third-order valence-electron chi connectivity index (χ3n) is 2.61. The van der Waals surface area contributed by atoms with Crippen molar-refractivity contribution in [3.05, 3.63) is 0 Å². The molecule has 1 heterocycles. The SMILES string of the molecule is CC[C@@H](C)N1C[C@H](C(=O)[O-])CC1=O. The standard InChI is InChI=1S/C9H15NO3/c1-3-6(2)10-5-7(9(12)13)4-8(10)11/h6-7H,3-5H2,1-2H3,(H,12,13)/p-1/t6-,7-/m1/s1. The van der Waals surface area contributed by atoms with Crippen molar-refractivity contribution in [2.24, 2.45) is 5.92 Å². The summed E-state index contributed by atoms with van der Waals surface area (Å²) in [4.78, 5) is 23.5. The van der Waals surface area contributed by atoms with Gasteiger partial charge in [0.2, 0.25) is 5.91 Å². The lowest BCUT2D eigenvalue weighted by molar-refractivity contribution is -0.311. The monoisotopic (exact) mass is 184 g/mol. The fraction of sp³-hybridized carbons (Fsp3) is 0.778. The van der Waals surface area contributed by atoms with Gasteiger partial charge >= 0.3 is 0 Å². The molecule has 0 N–H and O–H groups in total. The molecular weight excluding hydrogens is 170 g/mol. The Morgan fingerprint density at radius 3 is 2.77 bits per heavy atom. The van der Waals surface area contributed by atoms with Crippen LogP contribution in [0.5, 0.6) is 0 Å². The van der Waals surface area contributed by atoms with E-state index in [0.717, 1.165) is 6.42 Å². The van der Waals surface area contributed by atoms with Gasteiger partial charge in [0.05, 0.1) is 0 Å². The highest BCUT2D eigenvalue weighted by Gasteiger charge is 2.32. The van der Waals surface area contributed by atoms with Gasteiger partial charge in [-0.25, -0.2) is 0 Å². The van der Waals surface area contributed by atoms with Gasteiger partial charge in [-0.1, -0.05) is 6.92 Å². The minimum atomic E-state index is -1.11. The van der Waals surface area contributed by atoms with Crippen LogP contribution in [0.4, 0.5) is 0 Å². The number of nitrogens with zero attached hydrogens (tertiary/aromatic N) is 1. The molecule has 74 valence electrons. The summed E-state index contributed by atoms with van der Waals surface area (Å²) in [7, 11) is 0. The number of carbonyl (C=O) groups excluding carboxylic acids is 2. The van der Waals surface area contributed by atoms with Crippen molar-refractivity contribution in [2.45, 2.75) is 32.7 Å². The molecule has 2 atom stereocenters. The molecule has 0 spiro atoms. The summed E-state index contributed by atoms with van der Waals surface area (Å²) in [6.07, 6.45) is 0.957. The Balaban J connectivity index is 2.61. The first-order valence-corrected chi connectivity index (χ1v) is 4.56. The average Bonchev–Trinajstić information content (AvgIpc) is 2.46. The van der Waals surface area contributed by atoms with Crippen LogP contribution in [0.1, 0.15) is 26.7 Å². The normalized spacial score (nSPS) is 24.9. The van der Waals surface area contributed by atoms with Crippen LogP contribution in [-0.2, 0) is 9.59 Å². The maximum absolute atomic E-state index is 11.3. The lowest BCUT2D eigenvalue weighted by atomic mass is 10.1. The molecule has 0 radical (unpaired) electrons. The Morgan fingerprint density at radius 2 is 2.38 bits per heavy atom. The first kappa shape index (κ1) is 10.0. The molecule has 0 bridgehead atoms. The number of hydrogen-bond acceptors (Lipinski definition) is 3. The van der Waals surface area contributed by atoms with E-state index in [9.17, 15) is 14.7 Å². The second-order valence-electron chi connectivity index (χ2n) is 3.52. The van der Waals surface area contributed by atoms with Gasteiger partial charge < -0.3 is 14.8 Å². The molecule has 0 aromatic heterocycles. The van der Waals surface area contributed by atoms with E-state index in [1.54, 1.807) is 4.90 Å². The lowest BCUT2D eigenvalue weighted by Crippen LogP contribution is -2.37. The van der Waals surface area contributed by atoms with Crippen molar-refractivity contribution < 1.29 is 14.7 Å². The third kappa shape index (κ3) is 1.99. The van der Waals surface area contributed by atoms with Crippen molar-refractivity contribution in [3.8, 4) is 0 Å². The number of carboxylic acids is 1. The number of rotatable bonds is 3. The molecule has 1 aliphatic rings. The van der Waals surface area contributed by atoms with Crippen LogP contribution >= 0.6 is 0 Å². The minimum Gasteiger partial charge on any atom is -0.550 e. The van der Waals surface area contributed by atoms with Crippen LogP contribution in [0.2, 0.25) is 0 Å². The van der Waals surface area contributed by atoms with Crippen LogP contribution in [0.15, 0.2) is 0 Å².